The van der Waals surface area contributed by atoms with Crippen molar-refractivity contribution in [1.82, 2.24) is 14.8 Å². The van der Waals surface area contributed by atoms with Crippen molar-refractivity contribution in [3.8, 4) is 5.75 Å². The van der Waals surface area contributed by atoms with Crippen LogP contribution in [0.5, 0.6) is 5.75 Å². The van der Waals surface area contributed by atoms with E-state index in [0.29, 0.717) is 12.6 Å². The van der Waals surface area contributed by atoms with Gasteiger partial charge in [0.1, 0.15) is 11.2 Å². The van der Waals surface area contributed by atoms with E-state index in [1.807, 2.05) is 18.2 Å². The van der Waals surface area contributed by atoms with E-state index < -0.39 is 0 Å². The van der Waals surface area contributed by atoms with E-state index in [4.69, 9.17) is 4.74 Å². The summed E-state index contributed by atoms with van der Waals surface area (Å²) in [4.78, 5) is 4.14. The van der Waals surface area contributed by atoms with Gasteiger partial charge in [0.15, 0.2) is 5.75 Å². The first kappa shape index (κ1) is 13.6. The van der Waals surface area contributed by atoms with Gasteiger partial charge in [0.25, 0.3) is 0 Å². The number of hydrogen-bond acceptors (Lipinski definition) is 3. The molecule has 2 aromatic rings. The first-order chi connectivity index (χ1) is 9.83. The van der Waals surface area contributed by atoms with E-state index in [1.54, 1.807) is 6.20 Å². The minimum absolute atomic E-state index is 0.476. The van der Waals surface area contributed by atoms with Gasteiger partial charge in [-0.2, -0.15) is 5.10 Å². The van der Waals surface area contributed by atoms with Crippen LogP contribution in [0.2, 0.25) is 0 Å². The fourth-order valence-corrected chi connectivity index (χ4v) is 3.00. The molecule has 0 saturated heterocycles. The van der Waals surface area contributed by atoms with Crippen LogP contribution in [0.1, 0.15) is 43.8 Å². The number of halogens is 1. The van der Waals surface area contributed by atoms with Crippen molar-refractivity contribution >= 4 is 15.9 Å². The molecule has 1 aliphatic carbocycles. The second-order valence-electron chi connectivity index (χ2n) is 5.16. The maximum atomic E-state index is 5.74. The minimum Gasteiger partial charge on any atom is -0.484 e. The third-order valence-electron chi connectivity index (χ3n) is 3.71. The predicted octanol–water partition coefficient (Wildman–Crippen LogP) is 4.12. The van der Waals surface area contributed by atoms with Crippen molar-refractivity contribution in [2.45, 2.75) is 44.8 Å². The van der Waals surface area contributed by atoms with E-state index in [9.17, 15) is 0 Å². The third kappa shape index (κ3) is 3.20. The third-order valence-corrected chi connectivity index (χ3v) is 4.31. The van der Waals surface area contributed by atoms with Crippen molar-refractivity contribution in [2.75, 3.05) is 0 Å². The average Bonchev–Trinajstić information content (AvgIpc) is 2.96. The molecule has 2 aromatic heterocycles. The van der Waals surface area contributed by atoms with Crippen molar-refractivity contribution in [3.05, 3.63) is 40.9 Å². The zero-order valence-electron chi connectivity index (χ0n) is 11.3. The smallest absolute Gasteiger partial charge is 0.152 e. The molecule has 1 aliphatic rings. The topological polar surface area (TPSA) is 39.9 Å². The molecule has 0 unspecified atom stereocenters. The van der Waals surface area contributed by atoms with Gasteiger partial charge in [0.05, 0.1) is 11.7 Å². The Morgan fingerprint density at radius 3 is 2.90 bits per heavy atom. The number of ether oxygens (including phenoxy) is 1. The van der Waals surface area contributed by atoms with Crippen LogP contribution in [-0.4, -0.2) is 14.8 Å². The summed E-state index contributed by atoms with van der Waals surface area (Å²) >= 11 is 3.38. The molecule has 0 amide bonds. The van der Waals surface area contributed by atoms with E-state index in [1.165, 1.54) is 32.1 Å². The Morgan fingerprint density at radius 2 is 2.10 bits per heavy atom. The van der Waals surface area contributed by atoms with E-state index >= 15 is 0 Å². The van der Waals surface area contributed by atoms with Gasteiger partial charge < -0.3 is 4.74 Å². The van der Waals surface area contributed by atoms with Crippen LogP contribution in [0.4, 0.5) is 0 Å². The van der Waals surface area contributed by atoms with Gasteiger partial charge in [0.2, 0.25) is 0 Å². The molecule has 5 heteroatoms. The fourth-order valence-electron chi connectivity index (χ4n) is 2.63. The van der Waals surface area contributed by atoms with Gasteiger partial charge in [0, 0.05) is 12.4 Å². The van der Waals surface area contributed by atoms with Crippen LogP contribution >= 0.6 is 15.9 Å². The lowest BCUT2D eigenvalue weighted by atomic mass is 9.96. The lowest BCUT2D eigenvalue weighted by Gasteiger charge is -2.21. The number of hydrogen-bond donors (Lipinski definition) is 0. The summed E-state index contributed by atoms with van der Waals surface area (Å²) < 4.78 is 8.57. The Labute approximate surface area is 127 Å². The molecular formula is C15H18BrN3O. The maximum Gasteiger partial charge on any atom is 0.152 e. The zero-order chi connectivity index (χ0) is 13.8. The summed E-state index contributed by atoms with van der Waals surface area (Å²) in [7, 11) is 0. The van der Waals surface area contributed by atoms with Gasteiger partial charge >= 0.3 is 0 Å². The Hall–Kier alpha value is -1.36. The zero-order valence-corrected chi connectivity index (χ0v) is 12.9. The second kappa shape index (κ2) is 6.39. The second-order valence-corrected chi connectivity index (χ2v) is 5.91. The molecule has 0 radical (unpaired) electrons. The standard InChI is InChI=1S/C15H18BrN3O/c16-15-14(7-4-9-17-15)20-11-12-8-10-19(18-12)13-5-2-1-3-6-13/h4,7-10,13H,1-3,5-6,11H2. The molecule has 0 bridgehead atoms. The van der Waals surface area contributed by atoms with Gasteiger partial charge in [-0.1, -0.05) is 19.3 Å². The molecule has 1 saturated carbocycles. The number of aromatic nitrogens is 3. The molecule has 0 atom stereocenters. The molecule has 0 spiro atoms. The molecule has 20 heavy (non-hydrogen) atoms. The molecule has 0 aromatic carbocycles. The molecule has 3 rings (SSSR count). The van der Waals surface area contributed by atoms with Gasteiger partial charge in [-0.3, -0.25) is 4.68 Å². The lowest BCUT2D eigenvalue weighted by molar-refractivity contribution is 0.288. The Balaban J connectivity index is 1.61. The summed E-state index contributed by atoms with van der Waals surface area (Å²) in [6, 6.07) is 6.37. The van der Waals surface area contributed by atoms with E-state index in [0.717, 1.165) is 16.0 Å². The maximum absolute atomic E-state index is 5.74. The van der Waals surface area contributed by atoms with Crippen molar-refractivity contribution in [2.24, 2.45) is 0 Å². The van der Waals surface area contributed by atoms with Gasteiger partial charge in [-0.05, 0) is 47.0 Å². The van der Waals surface area contributed by atoms with Crippen molar-refractivity contribution in [3.63, 3.8) is 0 Å². The van der Waals surface area contributed by atoms with Crippen LogP contribution in [0.3, 0.4) is 0 Å². The van der Waals surface area contributed by atoms with E-state index in [2.05, 4.69) is 36.9 Å². The van der Waals surface area contributed by atoms with Crippen LogP contribution < -0.4 is 4.74 Å². The number of pyridine rings is 1. The molecule has 2 heterocycles. The Morgan fingerprint density at radius 1 is 1.25 bits per heavy atom. The highest BCUT2D eigenvalue weighted by atomic mass is 79.9. The van der Waals surface area contributed by atoms with Crippen LogP contribution in [0.25, 0.3) is 0 Å². The first-order valence-corrected chi connectivity index (χ1v) is 7.89. The predicted molar refractivity (Wildman–Crippen MR) is 80.6 cm³/mol. The SMILES string of the molecule is Brc1ncccc1OCc1ccn(C2CCCCC2)n1. The lowest BCUT2D eigenvalue weighted by Crippen LogP contribution is -2.13. The monoisotopic (exact) mass is 335 g/mol. The normalized spacial score (nSPS) is 16.2. The highest BCUT2D eigenvalue weighted by Gasteiger charge is 2.16. The van der Waals surface area contributed by atoms with Gasteiger partial charge in [-0.15, -0.1) is 0 Å². The first-order valence-electron chi connectivity index (χ1n) is 7.10. The average molecular weight is 336 g/mol. The van der Waals surface area contributed by atoms with Crippen LogP contribution in [0, 0.1) is 0 Å². The number of nitrogens with zero attached hydrogens (tertiary/aromatic N) is 3. The molecule has 0 N–H and O–H groups in total. The van der Waals surface area contributed by atoms with E-state index in [-0.39, 0.29) is 0 Å². The summed E-state index contributed by atoms with van der Waals surface area (Å²) in [6.07, 6.45) is 10.3. The van der Waals surface area contributed by atoms with Crippen LogP contribution in [-0.2, 0) is 6.61 Å². The van der Waals surface area contributed by atoms with Crippen LogP contribution in [0.15, 0.2) is 35.2 Å². The molecule has 4 nitrogen and oxygen atoms in total. The summed E-state index contributed by atoms with van der Waals surface area (Å²) in [5.41, 5.74) is 0.964. The van der Waals surface area contributed by atoms with Crippen molar-refractivity contribution in [1.29, 1.82) is 0 Å². The highest BCUT2D eigenvalue weighted by molar-refractivity contribution is 9.10. The molecule has 106 valence electrons. The molecular weight excluding hydrogens is 318 g/mol. The quantitative estimate of drug-likeness (QED) is 0.789. The Bertz CT molecular complexity index is 564. The molecule has 0 aliphatic heterocycles. The largest absolute Gasteiger partial charge is 0.484 e. The highest BCUT2D eigenvalue weighted by Crippen LogP contribution is 2.27. The summed E-state index contributed by atoms with van der Waals surface area (Å²) in [5, 5.41) is 4.63. The Kier molecular flexibility index (Phi) is 4.35. The fraction of sp³-hybridized carbons (Fsp3) is 0.467. The minimum atomic E-state index is 0.476. The summed E-state index contributed by atoms with van der Waals surface area (Å²) in [6.45, 7) is 0.476. The number of rotatable bonds is 4. The summed E-state index contributed by atoms with van der Waals surface area (Å²) in [5.74, 6) is 0.750. The molecule has 1 fully saturated rings. The van der Waals surface area contributed by atoms with Crippen molar-refractivity contribution < 1.29 is 4.74 Å². The van der Waals surface area contributed by atoms with Gasteiger partial charge in [-0.25, -0.2) is 4.98 Å².